The molecule has 0 aliphatic carbocycles. The highest BCUT2D eigenvalue weighted by molar-refractivity contribution is 7.99. The number of halogens is 1. The first-order valence-electron chi connectivity index (χ1n) is 7.03. The first kappa shape index (κ1) is 15.8. The van der Waals surface area contributed by atoms with E-state index in [0.29, 0.717) is 15.8 Å². The molecule has 2 N–H and O–H groups in total. The number of carbonyl (C=O) groups is 1. The summed E-state index contributed by atoms with van der Waals surface area (Å²) in [5, 5.41) is 4.15. The zero-order chi connectivity index (χ0) is 16.4. The molecule has 5 nitrogen and oxygen atoms in total. The molecule has 1 aromatic carbocycles. The molecule has 0 aliphatic heterocycles. The second-order valence-corrected chi connectivity index (χ2v) is 6.57. The molecule has 0 atom stereocenters. The van der Waals surface area contributed by atoms with Crippen LogP contribution in [0.5, 0.6) is 0 Å². The lowest BCUT2D eigenvalue weighted by Crippen LogP contribution is -2.15. The van der Waals surface area contributed by atoms with E-state index < -0.39 is 0 Å². The molecule has 3 rings (SSSR count). The summed E-state index contributed by atoms with van der Waals surface area (Å²) in [7, 11) is 0. The number of aromatic amines is 1. The topological polar surface area (TPSA) is 70.7 Å². The Balaban J connectivity index is 1.66. The number of carbonyl (C=O) groups excluding carboxylic acids is 1. The Morgan fingerprint density at radius 2 is 2.09 bits per heavy atom. The summed E-state index contributed by atoms with van der Waals surface area (Å²) in [5.74, 6) is 0.195. The number of anilines is 1. The highest BCUT2D eigenvalue weighted by Crippen LogP contribution is 2.22. The molecule has 0 saturated heterocycles. The Morgan fingerprint density at radius 1 is 1.35 bits per heavy atom. The maximum Gasteiger partial charge on any atom is 0.234 e. The minimum atomic E-state index is -0.0705. The Bertz CT molecular complexity index is 857. The van der Waals surface area contributed by atoms with Crippen LogP contribution >= 0.6 is 23.4 Å². The Hall–Kier alpha value is -2.05. The van der Waals surface area contributed by atoms with Crippen molar-refractivity contribution in [2.45, 2.75) is 19.0 Å². The van der Waals surface area contributed by atoms with Crippen molar-refractivity contribution in [1.82, 2.24) is 15.0 Å². The van der Waals surface area contributed by atoms with Crippen molar-refractivity contribution in [3.8, 4) is 0 Å². The van der Waals surface area contributed by atoms with E-state index in [9.17, 15) is 4.79 Å². The second-order valence-electron chi connectivity index (χ2n) is 5.17. The molecule has 3 aromatic rings. The van der Waals surface area contributed by atoms with Crippen molar-refractivity contribution in [2.75, 3.05) is 11.1 Å². The number of imidazole rings is 1. The quantitative estimate of drug-likeness (QED) is 0.701. The van der Waals surface area contributed by atoms with Gasteiger partial charge in [-0.15, -0.1) is 0 Å². The van der Waals surface area contributed by atoms with E-state index in [-0.39, 0.29) is 11.7 Å². The molecule has 0 radical (unpaired) electrons. The molecular formula is C16H15ClN4OS. The number of benzene rings is 1. The summed E-state index contributed by atoms with van der Waals surface area (Å²) in [4.78, 5) is 23.7. The van der Waals surface area contributed by atoms with E-state index in [2.05, 4.69) is 20.3 Å². The predicted octanol–water partition coefficient (Wildman–Crippen LogP) is 3.96. The summed E-state index contributed by atoms with van der Waals surface area (Å²) in [5.41, 5.74) is 4.32. The van der Waals surface area contributed by atoms with Gasteiger partial charge in [-0.25, -0.2) is 9.97 Å². The fraction of sp³-hybridized carbons (Fsp3) is 0.188. The fourth-order valence-electron chi connectivity index (χ4n) is 2.24. The van der Waals surface area contributed by atoms with Crippen molar-refractivity contribution in [1.29, 1.82) is 0 Å². The summed E-state index contributed by atoms with van der Waals surface area (Å²) < 4.78 is 0. The van der Waals surface area contributed by atoms with Crippen LogP contribution in [0.2, 0.25) is 5.02 Å². The average Bonchev–Trinajstić information content (AvgIpc) is 2.91. The normalized spacial score (nSPS) is 10.9. The van der Waals surface area contributed by atoms with E-state index in [0.717, 1.165) is 22.3 Å². The zero-order valence-electron chi connectivity index (χ0n) is 12.7. The number of nitrogens with zero attached hydrogens (tertiary/aromatic N) is 2. The highest BCUT2D eigenvalue weighted by atomic mass is 35.5. The number of hydrogen-bond donors (Lipinski definition) is 2. The first-order chi connectivity index (χ1) is 11.0. The lowest BCUT2D eigenvalue weighted by molar-refractivity contribution is -0.113. The second kappa shape index (κ2) is 6.60. The number of H-pyrrole nitrogens is 1. The minimum Gasteiger partial charge on any atom is -0.331 e. The molecular weight excluding hydrogens is 332 g/mol. The third-order valence-electron chi connectivity index (χ3n) is 3.37. The van der Waals surface area contributed by atoms with Crippen LogP contribution in [-0.2, 0) is 4.79 Å². The third-order valence-corrected chi connectivity index (χ3v) is 4.45. The van der Waals surface area contributed by atoms with Gasteiger partial charge in [0.1, 0.15) is 0 Å². The maximum absolute atomic E-state index is 12.1. The van der Waals surface area contributed by atoms with Gasteiger partial charge in [-0.05, 0) is 31.0 Å². The van der Waals surface area contributed by atoms with Crippen LogP contribution in [0, 0.1) is 13.8 Å². The zero-order valence-corrected chi connectivity index (χ0v) is 14.3. The highest BCUT2D eigenvalue weighted by Gasteiger charge is 2.10. The van der Waals surface area contributed by atoms with Gasteiger partial charge in [0.25, 0.3) is 0 Å². The van der Waals surface area contributed by atoms with E-state index in [1.165, 1.54) is 11.8 Å². The Kier molecular flexibility index (Phi) is 4.54. The average molecular weight is 347 g/mol. The molecule has 0 spiro atoms. The van der Waals surface area contributed by atoms with Gasteiger partial charge in [0.15, 0.2) is 10.8 Å². The lowest BCUT2D eigenvalue weighted by atomic mass is 10.1. The number of aromatic nitrogens is 3. The van der Waals surface area contributed by atoms with Crippen molar-refractivity contribution in [3.63, 3.8) is 0 Å². The molecule has 2 heterocycles. The summed E-state index contributed by atoms with van der Waals surface area (Å²) in [6.07, 6.45) is 1.55. The fourth-order valence-corrected chi connectivity index (χ4v) is 3.07. The molecule has 0 saturated carbocycles. The molecule has 118 valence electrons. The van der Waals surface area contributed by atoms with Crippen LogP contribution in [-0.4, -0.2) is 26.6 Å². The molecule has 0 aliphatic rings. The van der Waals surface area contributed by atoms with Crippen molar-refractivity contribution in [3.05, 3.63) is 46.6 Å². The van der Waals surface area contributed by atoms with Crippen molar-refractivity contribution < 1.29 is 4.79 Å². The molecule has 7 heteroatoms. The Morgan fingerprint density at radius 3 is 2.83 bits per heavy atom. The van der Waals surface area contributed by atoms with Gasteiger partial charge in [-0.3, -0.25) is 4.79 Å². The third kappa shape index (κ3) is 3.65. The van der Waals surface area contributed by atoms with Crippen molar-refractivity contribution in [2.24, 2.45) is 0 Å². The number of thioether (sulfide) groups is 1. The summed E-state index contributed by atoms with van der Waals surface area (Å²) in [6.45, 7) is 3.95. The monoisotopic (exact) mass is 346 g/mol. The van der Waals surface area contributed by atoms with Crippen LogP contribution < -0.4 is 5.32 Å². The number of nitrogens with one attached hydrogen (secondary N) is 2. The standard InChI is InChI=1S/C16H15ClN4OS/c1-9-4-3-5-10(2)14(9)20-13(22)8-23-16-19-12-6-11(17)7-18-15(12)21-16/h3-7H,8H2,1-2H3,(H,20,22)(H,18,19,21). The van der Waals surface area contributed by atoms with E-state index in [1.54, 1.807) is 12.3 Å². The van der Waals surface area contributed by atoms with Crippen LogP contribution in [0.3, 0.4) is 0 Å². The summed E-state index contributed by atoms with van der Waals surface area (Å²) in [6, 6.07) is 7.69. The van der Waals surface area contributed by atoms with Gasteiger partial charge in [-0.2, -0.15) is 0 Å². The molecule has 1 amide bonds. The van der Waals surface area contributed by atoms with E-state index in [1.807, 2.05) is 32.0 Å². The molecule has 0 fully saturated rings. The minimum absolute atomic E-state index is 0.0705. The van der Waals surface area contributed by atoms with E-state index >= 15 is 0 Å². The van der Waals surface area contributed by atoms with Gasteiger partial charge >= 0.3 is 0 Å². The molecule has 23 heavy (non-hydrogen) atoms. The number of para-hydroxylation sites is 1. The number of hydrogen-bond acceptors (Lipinski definition) is 4. The van der Waals surface area contributed by atoms with Crippen molar-refractivity contribution >= 4 is 46.1 Å². The van der Waals surface area contributed by atoms with Crippen LogP contribution in [0.25, 0.3) is 11.2 Å². The van der Waals surface area contributed by atoms with Gasteiger partial charge in [0.2, 0.25) is 5.91 Å². The van der Waals surface area contributed by atoms with Gasteiger partial charge in [-0.1, -0.05) is 41.6 Å². The maximum atomic E-state index is 12.1. The van der Waals surface area contributed by atoms with Gasteiger partial charge in [0.05, 0.1) is 16.3 Å². The van der Waals surface area contributed by atoms with Crippen LogP contribution in [0.1, 0.15) is 11.1 Å². The number of pyridine rings is 1. The lowest BCUT2D eigenvalue weighted by Gasteiger charge is -2.10. The van der Waals surface area contributed by atoms with Crippen LogP contribution in [0.4, 0.5) is 5.69 Å². The largest absolute Gasteiger partial charge is 0.331 e. The number of aryl methyl sites for hydroxylation is 2. The summed E-state index contributed by atoms with van der Waals surface area (Å²) >= 11 is 7.22. The number of fused-ring (bicyclic) bond motifs is 1. The molecule has 2 aromatic heterocycles. The molecule has 0 bridgehead atoms. The Labute approximate surface area is 142 Å². The smallest absolute Gasteiger partial charge is 0.234 e. The number of amides is 1. The first-order valence-corrected chi connectivity index (χ1v) is 8.39. The molecule has 0 unspecified atom stereocenters. The predicted molar refractivity (Wildman–Crippen MR) is 94.2 cm³/mol. The van der Waals surface area contributed by atoms with E-state index in [4.69, 9.17) is 11.6 Å². The van der Waals surface area contributed by atoms with Crippen LogP contribution in [0.15, 0.2) is 35.6 Å². The SMILES string of the molecule is Cc1cccc(C)c1NC(=O)CSc1nc2ncc(Cl)cc2[nH]1. The van der Waals surface area contributed by atoms with Gasteiger partial charge in [0, 0.05) is 11.9 Å². The van der Waals surface area contributed by atoms with Gasteiger partial charge < -0.3 is 10.3 Å². The number of rotatable bonds is 4.